The van der Waals surface area contributed by atoms with Crippen LogP contribution < -0.4 is 5.32 Å². The number of fused-ring (bicyclic) bond motifs is 2. The second kappa shape index (κ2) is 8.36. The highest BCUT2D eigenvalue weighted by molar-refractivity contribution is 6.01. The number of benzene rings is 2. The van der Waals surface area contributed by atoms with Crippen LogP contribution in [0, 0.1) is 11.5 Å². The van der Waals surface area contributed by atoms with E-state index in [9.17, 15) is 14.9 Å². The third-order valence-corrected chi connectivity index (χ3v) is 5.59. The van der Waals surface area contributed by atoms with Crippen molar-refractivity contribution in [3.8, 4) is 6.19 Å². The molecule has 1 unspecified atom stereocenters. The molecule has 0 spiro atoms. The van der Waals surface area contributed by atoms with Crippen molar-refractivity contribution in [2.24, 2.45) is 7.05 Å². The van der Waals surface area contributed by atoms with Crippen molar-refractivity contribution in [1.29, 1.82) is 5.26 Å². The number of carbonyl (C=O) groups is 2. The van der Waals surface area contributed by atoms with Crippen LogP contribution in [0.25, 0.3) is 21.8 Å². The van der Waals surface area contributed by atoms with Crippen molar-refractivity contribution in [3.63, 3.8) is 0 Å². The molecule has 2 N–H and O–H groups in total. The van der Waals surface area contributed by atoms with Crippen LogP contribution in [-0.4, -0.2) is 38.9 Å². The summed E-state index contributed by atoms with van der Waals surface area (Å²) in [5, 5.41) is 14.2. The number of aromatic amines is 1. The zero-order chi connectivity index (χ0) is 22.0. The molecule has 0 radical (unpaired) electrons. The zero-order valence-electron chi connectivity index (χ0n) is 17.4. The van der Waals surface area contributed by atoms with Crippen LogP contribution >= 0.6 is 0 Å². The molecule has 0 fully saturated rings. The van der Waals surface area contributed by atoms with Crippen LogP contribution in [0.5, 0.6) is 0 Å². The maximum atomic E-state index is 13.1. The quantitative estimate of drug-likeness (QED) is 0.375. The molecule has 0 saturated carbocycles. The topological polar surface area (TPSA) is 93.9 Å². The lowest BCUT2D eigenvalue weighted by atomic mass is 10.0. The standard InChI is InChI=1S/C24H23N5O2/c1-3-29(15-25)24(31)20(12-17-14-26-19-10-6-5-9-18(17)19)27-23(30)22-13-16-8-4-7-11-21(16)28(22)2/h4-11,13-14,20,26H,3,12H2,1-2H3,(H,27,30). The summed E-state index contributed by atoms with van der Waals surface area (Å²) in [4.78, 5) is 30.5. The summed E-state index contributed by atoms with van der Waals surface area (Å²) in [6.45, 7) is 1.97. The Bertz CT molecular complexity index is 1310. The normalized spacial score (nSPS) is 11.9. The van der Waals surface area contributed by atoms with Gasteiger partial charge in [0.15, 0.2) is 6.19 Å². The molecule has 4 aromatic rings. The van der Waals surface area contributed by atoms with Gasteiger partial charge in [0, 0.05) is 48.0 Å². The first-order valence-electron chi connectivity index (χ1n) is 10.1. The molecule has 2 heterocycles. The van der Waals surface area contributed by atoms with Crippen LogP contribution in [0.15, 0.2) is 60.8 Å². The predicted molar refractivity (Wildman–Crippen MR) is 119 cm³/mol. The summed E-state index contributed by atoms with van der Waals surface area (Å²) >= 11 is 0. The van der Waals surface area contributed by atoms with Crippen molar-refractivity contribution in [3.05, 3.63) is 72.1 Å². The SMILES string of the molecule is CCN(C#N)C(=O)C(Cc1c[nH]c2ccccc12)NC(=O)c1cc2ccccc2n1C. The van der Waals surface area contributed by atoms with Crippen molar-refractivity contribution in [2.75, 3.05) is 6.54 Å². The number of amides is 2. The second-order valence-corrected chi connectivity index (χ2v) is 7.42. The fourth-order valence-electron chi connectivity index (χ4n) is 3.92. The molecule has 7 nitrogen and oxygen atoms in total. The molecule has 0 aliphatic rings. The van der Waals surface area contributed by atoms with Gasteiger partial charge in [-0.15, -0.1) is 0 Å². The van der Waals surface area contributed by atoms with E-state index in [-0.39, 0.29) is 18.9 Å². The van der Waals surface area contributed by atoms with Gasteiger partial charge in [-0.2, -0.15) is 5.26 Å². The lowest BCUT2D eigenvalue weighted by Crippen LogP contribution is -2.48. The van der Waals surface area contributed by atoms with E-state index in [2.05, 4.69) is 10.3 Å². The van der Waals surface area contributed by atoms with Crippen LogP contribution in [-0.2, 0) is 18.3 Å². The lowest BCUT2D eigenvalue weighted by Gasteiger charge is -2.21. The summed E-state index contributed by atoms with van der Waals surface area (Å²) in [7, 11) is 1.82. The maximum absolute atomic E-state index is 13.1. The molecule has 1 atom stereocenters. The summed E-state index contributed by atoms with van der Waals surface area (Å²) < 4.78 is 1.81. The van der Waals surface area contributed by atoms with Crippen LogP contribution in [0.1, 0.15) is 23.0 Å². The molecule has 31 heavy (non-hydrogen) atoms. The van der Waals surface area contributed by atoms with Crippen molar-refractivity contribution < 1.29 is 9.59 Å². The zero-order valence-corrected chi connectivity index (χ0v) is 17.4. The Morgan fingerprint density at radius 1 is 1.19 bits per heavy atom. The molecule has 2 aromatic heterocycles. The number of nitrogens with one attached hydrogen (secondary N) is 2. The van der Waals surface area contributed by atoms with E-state index in [0.717, 1.165) is 32.3 Å². The monoisotopic (exact) mass is 413 g/mol. The van der Waals surface area contributed by atoms with Crippen molar-refractivity contribution in [1.82, 2.24) is 19.8 Å². The number of nitriles is 1. The molecule has 0 aliphatic carbocycles. The minimum absolute atomic E-state index is 0.240. The van der Waals surface area contributed by atoms with Crippen molar-refractivity contribution in [2.45, 2.75) is 19.4 Å². The number of para-hydroxylation sites is 2. The van der Waals surface area contributed by atoms with E-state index >= 15 is 0 Å². The smallest absolute Gasteiger partial charge is 0.268 e. The highest BCUT2D eigenvalue weighted by Crippen LogP contribution is 2.21. The number of rotatable bonds is 6. The first-order chi connectivity index (χ1) is 15.0. The Labute approximate surface area is 179 Å². The number of aryl methyl sites for hydroxylation is 1. The molecule has 2 amide bonds. The Hall–Kier alpha value is -4.05. The number of H-pyrrole nitrogens is 1. The van der Waals surface area contributed by atoms with Gasteiger partial charge in [0.2, 0.25) is 0 Å². The predicted octanol–water partition coefficient (Wildman–Crippen LogP) is 3.33. The van der Waals surface area contributed by atoms with Gasteiger partial charge in [-0.1, -0.05) is 36.4 Å². The van der Waals surface area contributed by atoms with E-state index in [1.165, 1.54) is 0 Å². The summed E-state index contributed by atoms with van der Waals surface area (Å²) in [5.74, 6) is -0.784. The molecule has 0 saturated heterocycles. The van der Waals surface area contributed by atoms with E-state index in [1.807, 2.05) is 68.0 Å². The highest BCUT2D eigenvalue weighted by Gasteiger charge is 2.28. The lowest BCUT2D eigenvalue weighted by molar-refractivity contribution is -0.130. The molecule has 0 bridgehead atoms. The number of hydrogen-bond acceptors (Lipinski definition) is 3. The Balaban J connectivity index is 1.66. The summed E-state index contributed by atoms with van der Waals surface area (Å²) in [6.07, 6.45) is 4.03. The molecular formula is C24H23N5O2. The molecule has 4 rings (SSSR count). The van der Waals surface area contributed by atoms with Crippen molar-refractivity contribution >= 4 is 33.6 Å². The highest BCUT2D eigenvalue weighted by atomic mass is 16.2. The van der Waals surface area contributed by atoms with Crippen LogP contribution in [0.2, 0.25) is 0 Å². The van der Waals surface area contributed by atoms with Gasteiger partial charge >= 0.3 is 0 Å². The number of hydrogen-bond donors (Lipinski definition) is 2. The van der Waals surface area contributed by atoms with Gasteiger partial charge in [0.25, 0.3) is 11.8 Å². The second-order valence-electron chi connectivity index (χ2n) is 7.42. The third kappa shape index (κ3) is 3.76. The van der Waals surface area contributed by atoms with Gasteiger partial charge in [-0.05, 0) is 30.7 Å². The van der Waals surface area contributed by atoms with E-state index in [1.54, 1.807) is 17.6 Å². The van der Waals surface area contributed by atoms with Crippen LogP contribution in [0.4, 0.5) is 0 Å². The molecule has 0 aliphatic heterocycles. The van der Waals surface area contributed by atoms with Gasteiger partial charge in [0.1, 0.15) is 11.7 Å². The summed E-state index contributed by atoms with van der Waals surface area (Å²) in [5.41, 5.74) is 3.24. The molecule has 2 aromatic carbocycles. The van der Waals surface area contributed by atoms with E-state index in [0.29, 0.717) is 5.69 Å². The number of likely N-dealkylation sites (N-methyl/N-ethyl adjacent to an activating group) is 1. The molecular weight excluding hydrogens is 390 g/mol. The summed E-state index contributed by atoms with van der Waals surface area (Å²) in [6, 6.07) is 16.4. The van der Waals surface area contributed by atoms with Crippen LogP contribution in [0.3, 0.4) is 0 Å². The van der Waals surface area contributed by atoms with Gasteiger partial charge in [-0.3, -0.25) is 9.59 Å². The van der Waals surface area contributed by atoms with E-state index < -0.39 is 11.9 Å². The largest absolute Gasteiger partial charge is 0.361 e. The van der Waals surface area contributed by atoms with Gasteiger partial charge < -0.3 is 14.9 Å². The maximum Gasteiger partial charge on any atom is 0.268 e. The number of aromatic nitrogens is 2. The fraction of sp³-hybridized carbons (Fsp3) is 0.208. The van der Waals surface area contributed by atoms with E-state index in [4.69, 9.17) is 0 Å². The van der Waals surface area contributed by atoms with Gasteiger partial charge in [-0.25, -0.2) is 4.90 Å². The average Bonchev–Trinajstić information content (AvgIpc) is 3.35. The number of nitrogens with zero attached hydrogens (tertiary/aromatic N) is 3. The third-order valence-electron chi connectivity index (χ3n) is 5.59. The minimum Gasteiger partial charge on any atom is -0.361 e. The molecule has 7 heteroatoms. The Morgan fingerprint density at radius 2 is 1.94 bits per heavy atom. The molecule has 156 valence electrons. The first-order valence-corrected chi connectivity index (χ1v) is 10.1. The average molecular weight is 413 g/mol. The Morgan fingerprint density at radius 3 is 2.68 bits per heavy atom. The Kier molecular flexibility index (Phi) is 5.46. The number of carbonyl (C=O) groups excluding carboxylic acids is 2. The fourth-order valence-corrected chi connectivity index (χ4v) is 3.92. The minimum atomic E-state index is -0.871. The first kappa shape index (κ1) is 20.2. The van der Waals surface area contributed by atoms with Gasteiger partial charge in [0.05, 0.1) is 0 Å².